The highest BCUT2D eigenvalue weighted by Gasteiger charge is 2.27. The molecule has 1 aromatic heterocycles. The Morgan fingerprint density at radius 2 is 2.19 bits per heavy atom. The highest BCUT2D eigenvalue weighted by molar-refractivity contribution is 6.06. The van der Waals surface area contributed by atoms with Crippen LogP contribution >= 0.6 is 0 Å². The Morgan fingerprint density at radius 1 is 1.38 bits per heavy atom. The van der Waals surface area contributed by atoms with Gasteiger partial charge in [-0.3, -0.25) is 9.78 Å². The highest BCUT2D eigenvalue weighted by Crippen LogP contribution is 2.40. The molecule has 1 saturated carbocycles. The summed E-state index contributed by atoms with van der Waals surface area (Å²) in [5.74, 6) is -0.113. The second-order valence-corrected chi connectivity index (χ2v) is 5.43. The van der Waals surface area contributed by atoms with E-state index in [0.717, 1.165) is 25.0 Å². The number of carbonyl (C=O) groups is 1. The number of halogens is 1. The molecule has 0 saturated heterocycles. The van der Waals surface area contributed by atoms with Crippen LogP contribution in [0.4, 0.5) is 4.39 Å². The van der Waals surface area contributed by atoms with E-state index < -0.39 is 0 Å². The van der Waals surface area contributed by atoms with Gasteiger partial charge in [-0.15, -0.1) is 0 Å². The fraction of sp³-hybridized carbons (Fsp3) is 0.375. The molecule has 1 aromatic carbocycles. The smallest absolute Gasteiger partial charge is 0.252 e. The minimum absolute atomic E-state index is 0.191. The summed E-state index contributed by atoms with van der Waals surface area (Å²) >= 11 is 0. The Hall–Kier alpha value is -2.01. The zero-order valence-electron chi connectivity index (χ0n) is 11.7. The third kappa shape index (κ3) is 3.03. The molecule has 1 aliphatic rings. The van der Waals surface area contributed by atoms with E-state index in [4.69, 9.17) is 5.73 Å². The van der Waals surface area contributed by atoms with Crippen molar-refractivity contribution in [2.45, 2.75) is 25.2 Å². The highest BCUT2D eigenvalue weighted by atomic mass is 19.1. The van der Waals surface area contributed by atoms with Gasteiger partial charge in [-0.05, 0) is 50.1 Å². The van der Waals surface area contributed by atoms with Crippen LogP contribution in [0.2, 0.25) is 0 Å². The van der Waals surface area contributed by atoms with Crippen LogP contribution in [-0.4, -0.2) is 24.0 Å². The van der Waals surface area contributed by atoms with Crippen molar-refractivity contribution in [3.8, 4) is 0 Å². The van der Waals surface area contributed by atoms with Crippen molar-refractivity contribution in [3.63, 3.8) is 0 Å². The zero-order chi connectivity index (χ0) is 14.8. The van der Waals surface area contributed by atoms with E-state index in [9.17, 15) is 9.18 Å². The van der Waals surface area contributed by atoms with E-state index in [2.05, 4.69) is 10.3 Å². The van der Waals surface area contributed by atoms with Crippen molar-refractivity contribution in [3.05, 3.63) is 41.3 Å². The Kier molecular flexibility index (Phi) is 3.84. The lowest BCUT2D eigenvalue weighted by molar-refractivity contribution is 0.0955. The lowest BCUT2D eigenvalue weighted by Crippen LogP contribution is -2.26. The van der Waals surface area contributed by atoms with Crippen LogP contribution < -0.4 is 11.1 Å². The first kappa shape index (κ1) is 13.9. The van der Waals surface area contributed by atoms with E-state index in [1.165, 1.54) is 12.1 Å². The number of pyridine rings is 1. The summed E-state index contributed by atoms with van der Waals surface area (Å²) in [4.78, 5) is 16.9. The minimum atomic E-state index is -0.362. The first-order valence-electron chi connectivity index (χ1n) is 7.27. The number of nitrogens with zero attached hydrogens (tertiary/aromatic N) is 1. The summed E-state index contributed by atoms with van der Waals surface area (Å²) in [6.45, 7) is 1.05. The summed E-state index contributed by atoms with van der Waals surface area (Å²) < 4.78 is 13.5. The van der Waals surface area contributed by atoms with Crippen molar-refractivity contribution in [2.24, 2.45) is 5.73 Å². The molecule has 0 bridgehead atoms. The molecule has 4 nitrogen and oxygen atoms in total. The number of hydrogen-bond donors (Lipinski definition) is 2. The van der Waals surface area contributed by atoms with Crippen molar-refractivity contribution < 1.29 is 9.18 Å². The molecule has 3 rings (SSSR count). The number of rotatable bonds is 5. The monoisotopic (exact) mass is 287 g/mol. The summed E-state index contributed by atoms with van der Waals surface area (Å²) in [6.07, 6.45) is 2.93. The molecule has 0 spiro atoms. The van der Waals surface area contributed by atoms with Gasteiger partial charge in [0.15, 0.2) is 0 Å². The van der Waals surface area contributed by atoms with E-state index in [-0.39, 0.29) is 11.7 Å². The van der Waals surface area contributed by atoms with Gasteiger partial charge in [0, 0.05) is 23.5 Å². The molecule has 2 aromatic rings. The van der Waals surface area contributed by atoms with Crippen molar-refractivity contribution in [1.29, 1.82) is 0 Å². The first-order valence-corrected chi connectivity index (χ1v) is 7.27. The van der Waals surface area contributed by atoms with Crippen LogP contribution in [0, 0.1) is 5.82 Å². The number of amides is 1. The molecule has 1 fully saturated rings. The molecule has 1 heterocycles. The largest absolute Gasteiger partial charge is 0.352 e. The number of nitrogens with one attached hydrogen (secondary N) is 1. The molecular formula is C16H18FN3O. The van der Waals surface area contributed by atoms with E-state index in [1.54, 1.807) is 12.1 Å². The van der Waals surface area contributed by atoms with Gasteiger partial charge in [-0.25, -0.2) is 4.39 Å². The average Bonchev–Trinajstić information content (AvgIpc) is 3.31. The molecular weight excluding hydrogens is 269 g/mol. The quantitative estimate of drug-likeness (QED) is 0.829. The maximum Gasteiger partial charge on any atom is 0.252 e. The van der Waals surface area contributed by atoms with Crippen LogP contribution in [0.3, 0.4) is 0 Å². The third-order valence-corrected chi connectivity index (χ3v) is 3.70. The van der Waals surface area contributed by atoms with Crippen LogP contribution in [-0.2, 0) is 0 Å². The van der Waals surface area contributed by atoms with Gasteiger partial charge in [-0.2, -0.15) is 0 Å². The van der Waals surface area contributed by atoms with Crippen molar-refractivity contribution in [1.82, 2.24) is 10.3 Å². The Bertz CT molecular complexity index is 683. The lowest BCUT2D eigenvalue weighted by atomic mass is 10.0. The number of carbonyl (C=O) groups excluding carboxylic acids is 1. The number of benzene rings is 1. The third-order valence-electron chi connectivity index (χ3n) is 3.70. The number of aromatic nitrogens is 1. The van der Waals surface area contributed by atoms with E-state index in [0.29, 0.717) is 35.5 Å². The lowest BCUT2D eigenvalue weighted by Gasteiger charge is -2.10. The predicted molar refractivity (Wildman–Crippen MR) is 79.7 cm³/mol. The van der Waals surface area contributed by atoms with Gasteiger partial charge in [0.05, 0.1) is 11.1 Å². The van der Waals surface area contributed by atoms with Gasteiger partial charge in [-0.1, -0.05) is 0 Å². The van der Waals surface area contributed by atoms with Gasteiger partial charge < -0.3 is 11.1 Å². The Labute approximate surface area is 122 Å². The molecule has 1 aliphatic carbocycles. The fourth-order valence-corrected chi connectivity index (χ4v) is 2.39. The van der Waals surface area contributed by atoms with Gasteiger partial charge in [0.1, 0.15) is 5.82 Å². The Morgan fingerprint density at radius 3 is 2.90 bits per heavy atom. The molecule has 0 unspecified atom stereocenters. The molecule has 21 heavy (non-hydrogen) atoms. The zero-order valence-corrected chi connectivity index (χ0v) is 11.7. The molecule has 0 aliphatic heterocycles. The summed E-state index contributed by atoms with van der Waals surface area (Å²) in [7, 11) is 0. The maximum atomic E-state index is 13.5. The summed E-state index contributed by atoms with van der Waals surface area (Å²) in [5.41, 5.74) is 7.52. The average molecular weight is 287 g/mol. The predicted octanol–water partition coefficient (Wildman–Crippen LogP) is 2.33. The molecule has 110 valence electrons. The van der Waals surface area contributed by atoms with Crippen LogP contribution in [0.1, 0.15) is 41.2 Å². The van der Waals surface area contributed by atoms with E-state index >= 15 is 0 Å². The molecule has 0 radical (unpaired) electrons. The normalized spacial score (nSPS) is 14.4. The fourth-order valence-electron chi connectivity index (χ4n) is 2.39. The molecule has 0 atom stereocenters. The van der Waals surface area contributed by atoms with Crippen molar-refractivity contribution >= 4 is 16.8 Å². The SMILES string of the molecule is NCCCNC(=O)c1cc(C2CC2)nc2ccc(F)cc12. The molecule has 3 N–H and O–H groups in total. The van der Waals surface area contributed by atoms with Gasteiger partial charge in [0.25, 0.3) is 5.91 Å². The summed E-state index contributed by atoms with van der Waals surface area (Å²) in [5, 5.41) is 3.39. The van der Waals surface area contributed by atoms with Gasteiger partial charge >= 0.3 is 0 Å². The number of hydrogen-bond acceptors (Lipinski definition) is 3. The Balaban J connectivity index is 2.00. The van der Waals surface area contributed by atoms with Crippen LogP contribution in [0.15, 0.2) is 24.3 Å². The van der Waals surface area contributed by atoms with Crippen LogP contribution in [0.25, 0.3) is 10.9 Å². The second-order valence-electron chi connectivity index (χ2n) is 5.43. The second kappa shape index (κ2) is 5.77. The standard InChI is InChI=1S/C16H18FN3O/c17-11-4-5-14-12(8-11)13(16(21)19-7-1-6-18)9-15(20-14)10-2-3-10/h4-5,8-10H,1-3,6-7,18H2,(H,19,21). The topological polar surface area (TPSA) is 68.0 Å². The minimum Gasteiger partial charge on any atom is -0.352 e. The molecule has 5 heteroatoms. The molecule has 1 amide bonds. The van der Waals surface area contributed by atoms with Gasteiger partial charge in [0.2, 0.25) is 0 Å². The maximum absolute atomic E-state index is 13.5. The number of nitrogens with two attached hydrogens (primary N) is 1. The van der Waals surface area contributed by atoms with Crippen LogP contribution in [0.5, 0.6) is 0 Å². The van der Waals surface area contributed by atoms with E-state index in [1.807, 2.05) is 0 Å². The summed E-state index contributed by atoms with van der Waals surface area (Å²) in [6, 6.07) is 6.18. The first-order chi connectivity index (χ1) is 10.2. The number of fused-ring (bicyclic) bond motifs is 1. The van der Waals surface area contributed by atoms with Crippen molar-refractivity contribution in [2.75, 3.05) is 13.1 Å².